The van der Waals surface area contributed by atoms with Crippen molar-refractivity contribution in [1.82, 2.24) is 0 Å². The lowest BCUT2D eigenvalue weighted by Gasteiger charge is -2.07. The smallest absolute Gasteiger partial charge is 0.209 e. The van der Waals surface area contributed by atoms with Crippen LogP contribution in [-0.2, 0) is 9.59 Å². The van der Waals surface area contributed by atoms with Gasteiger partial charge in [0.2, 0.25) is 6.29 Å². The Bertz CT molecular complexity index is 138. The molecule has 0 heterocycles. The molecule has 0 bridgehead atoms. The molecule has 0 rings (SSSR count). The molecule has 4 heteroatoms. The second-order valence-corrected chi connectivity index (χ2v) is 2.40. The molecule has 2 atom stereocenters. The summed E-state index contributed by atoms with van der Waals surface area (Å²) >= 11 is 3.81. The molecule has 0 aromatic rings. The molecule has 0 saturated carbocycles. The topological polar surface area (TPSA) is 60.2 Å². The van der Waals surface area contributed by atoms with Crippen LogP contribution in [-0.4, -0.2) is 23.9 Å². The second kappa shape index (κ2) is 4.46. The maximum atomic E-state index is 10.9. The molecular weight excluding hydrogens is 150 g/mol. The van der Waals surface area contributed by atoms with E-state index in [2.05, 4.69) is 12.6 Å². The van der Waals surface area contributed by atoms with Crippen LogP contribution in [0, 0.1) is 5.92 Å². The van der Waals surface area contributed by atoms with Crippen molar-refractivity contribution in [2.24, 2.45) is 11.7 Å². The predicted octanol–water partition coefficient (Wildman–Crippen LogP) is -0.442. The van der Waals surface area contributed by atoms with Crippen molar-refractivity contribution in [3.8, 4) is 0 Å². The van der Waals surface area contributed by atoms with E-state index in [9.17, 15) is 9.59 Å². The van der Waals surface area contributed by atoms with E-state index in [1.54, 1.807) is 6.29 Å². The fraction of sp³-hybridized carbons (Fsp3) is 0.667. The molecule has 0 aliphatic carbocycles. The van der Waals surface area contributed by atoms with Gasteiger partial charge in [0.25, 0.3) is 0 Å². The summed E-state index contributed by atoms with van der Waals surface area (Å²) in [4.78, 5) is 20.8. The van der Waals surface area contributed by atoms with Gasteiger partial charge in [0.05, 0.1) is 12.0 Å². The average Bonchev–Trinajstić information content (AvgIpc) is 2.00. The molecule has 0 aliphatic rings. The first-order valence-electron chi connectivity index (χ1n) is 2.91. The molecule has 2 N–H and O–H groups in total. The minimum absolute atomic E-state index is 0.269. The monoisotopic (exact) mass is 160 g/mol. The SMILES string of the molecule is C[C@@H]([C]=O)C(=O)C(N)CS. The normalized spacial score (nSPS) is 15.9. The standard InChI is InChI=1S/C6H10NO2S/c1-4(2-8)6(9)5(7)3-10/h4-5,10H,3,7H2,1H3/t4-,5?/m0/s1. The lowest BCUT2D eigenvalue weighted by Crippen LogP contribution is -2.36. The Morgan fingerprint density at radius 2 is 2.30 bits per heavy atom. The fourth-order valence-electron chi connectivity index (χ4n) is 0.469. The summed E-state index contributed by atoms with van der Waals surface area (Å²) in [6.07, 6.45) is 1.57. The molecule has 10 heavy (non-hydrogen) atoms. The summed E-state index contributed by atoms with van der Waals surface area (Å²) in [5.41, 5.74) is 5.29. The molecule has 0 aromatic carbocycles. The molecule has 0 saturated heterocycles. The third kappa shape index (κ3) is 2.49. The largest absolute Gasteiger partial charge is 0.321 e. The molecule has 0 aromatic heterocycles. The van der Waals surface area contributed by atoms with Crippen LogP contribution in [0.4, 0.5) is 0 Å². The molecule has 0 spiro atoms. The van der Waals surface area contributed by atoms with Crippen LogP contribution in [0.25, 0.3) is 0 Å². The van der Waals surface area contributed by atoms with Gasteiger partial charge in [-0.15, -0.1) is 0 Å². The molecule has 0 fully saturated rings. The number of hydrogen-bond acceptors (Lipinski definition) is 4. The third-order valence-electron chi connectivity index (χ3n) is 1.17. The van der Waals surface area contributed by atoms with Gasteiger partial charge < -0.3 is 5.73 Å². The van der Waals surface area contributed by atoms with Crippen LogP contribution in [0.3, 0.4) is 0 Å². The maximum Gasteiger partial charge on any atom is 0.209 e. The molecule has 1 radical (unpaired) electrons. The fourth-order valence-corrected chi connectivity index (χ4v) is 0.649. The molecule has 0 aliphatic heterocycles. The summed E-state index contributed by atoms with van der Waals surface area (Å²) in [7, 11) is 0. The zero-order chi connectivity index (χ0) is 8.15. The van der Waals surface area contributed by atoms with Crippen LogP contribution >= 0.6 is 12.6 Å². The third-order valence-corrected chi connectivity index (χ3v) is 1.56. The number of carbonyl (C=O) groups excluding carboxylic acids is 2. The number of ketones is 1. The highest BCUT2D eigenvalue weighted by molar-refractivity contribution is 7.80. The summed E-state index contributed by atoms with van der Waals surface area (Å²) < 4.78 is 0. The second-order valence-electron chi connectivity index (χ2n) is 2.03. The van der Waals surface area contributed by atoms with Gasteiger partial charge in [0.1, 0.15) is 0 Å². The highest BCUT2D eigenvalue weighted by Crippen LogP contribution is 1.96. The van der Waals surface area contributed by atoms with Crippen LogP contribution in [0.5, 0.6) is 0 Å². The summed E-state index contributed by atoms with van der Waals surface area (Å²) in [6.45, 7) is 1.47. The van der Waals surface area contributed by atoms with Gasteiger partial charge in [-0.2, -0.15) is 12.6 Å². The quantitative estimate of drug-likeness (QED) is 0.433. The van der Waals surface area contributed by atoms with Crippen LogP contribution in [0.1, 0.15) is 6.92 Å². The van der Waals surface area contributed by atoms with Gasteiger partial charge in [-0.05, 0) is 6.92 Å². The van der Waals surface area contributed by atoms with Gasteiger partial charge in [0, 0.05) is 5.75 Å². The Balaban J connectivity index is 3.93. The van der Waals surface area contributed by atoms with E-state index < -0.39 is 12.0 Å². The number of hydrogen-bond donors (Lipinski definition) is 2. The highest BCUT2D eigenvalue weighted by Gasteiger charge is 2.18. The summed E-state index contributed by atoms with van der Waals surface area (Å²) in [6, 6.07) is -0.639. The van der Waals surface area contributed by atoms with Gasteiger partial charge >= 0.3 is 0 Å². The molecule has 57 valence electrons. The number of thiol groups is 1. The number of nitrogens with two attached hydrogens (primary N) is 1. The first kappa shape index (κ1) is 9.65. The van der Waals surface area contributed by atoms with Gasteiger partial charge in [0.15, 0.2) is 5.78 Å². The van der Waals surface area contributed by atoms with Crippen molar-refractivity contribution in [2.75, 3.05) is 5.75 Å². The van der Waals surface area contributed by atoms with Crippen LogP contribution < -0.4 is 5.73 Å². The summed E-state index contributed by atoms with van der Waals surface area (Å²) in [5.74, 6) is -0.752. The minimum atomic E-state index is -0.720. The Kier molecular flexibility index (Phi) is 4.31. The van der Waals surface area contributed by atoms with Gasteiger partial charge in [-0.3, -0.25) is 9.59 Å². The van der Waals surface area contributed by atoms with E-state index in [1.165, 1.54) is 6.92 Å². The summed E-state index contributed by atoms with van der Waals surface area (Å²) in [5, 5.41) is 0. The Morgan fingerprint density at radius 3 is 2.60 bits per heavy atom. The Hall–Kier alpha value is -0.350. The van der Waals surface area contributed by atoms with Crippen molar-refractivity contribution in [2.45, 2.75) is 13.0 Å². The van der Waals surface area contributed by atoms with E-state index >= 15 is 0 Å². The minimum Gasteiger partial charge on any atom is -0.321 e. The van der Waals surface area contributed by atoms with E-state index in [0.717, 1.165) is 0 Å². The van der Waals surface area contributed by atoms with E-state index in [1.807, 2.05) is 0 Å². The zero-order valence-corrected chi connectivity index (χ0v) is 6.60. The molecule has 0 amide bonds. The Morgan fingerprint density at radius 1 is 1.80 bits per heavy atom. The molecule has 3 nitrogen and oxygen atoms in total. The van der Waals surface area contributed by atoms with Crippen LogP contribution in [0.2, 0.25) is 0 Å². The lowest BCUT2D eigenvalue weighted by atomic mass is 10.0. The molecular formula is C6H10NO2S. The average molecular weight is 160 g/mol. The number of carbonyl (C=O) groups is 1. The highest BCUT2D eigenvalue weighted by atomic mass is 32.1. The maximum absolute atomic E-state index is 10.9. The van der Waals surface area contributed by atoms with E-state index in [0.29, 0.717) is 0 Å². The molecule has 1 unspecified atom stereocenters. The van der Waals surface area contributed by atoms with Crippen molar-refractivity contribution in [3.63, 3.8) is 0 Å². The van der Waals surface area contributed by atoms with Crippen molar-refractivity contribution < 1.29 is 9.59 Å². The van der Waals surface area contributed by atoms with Crippen molar-refractivity contribution >= 4 is 24.7 Å². The van der Waals surface area contributed by atoms with Gasteiger partial charge in [-0.1, -0.05) is 0 Å². The number of rotatable bonds is 4. The zero-order valence-electron chi connectivity index (χ0n) is 5.70. The lowest BCUT2D eigenvalue weighted by molar-refractivity contribution is -0.121. The van der Waals surface area contributed by atoms with E-state index in [4.69, 9.17) is 5.73 Å². The first-order valence-corrected chi connectivity index (χ1v) is 3.54. The van der Waals surface area contributed by atoms with Crippen molar-refractivity contribution in [3.05, 3.63) is 0 Å². The Labute approximate surface area is 65.4 Å². The van der Waals surface area contributed by atoms with Crippen LogP contribution in [0.15, 0.2) is 0 Å². The first-order chi connectivity index (χ1) is 4.63. The predicted molar refractivity (Wildman–Crippen MR) is 41.7 cm³/mol. The van der Waals surface area contributed by atoms with Crippen molar-refractivity contribution in [1.29, 1.82) is 0 Å². The van der Waals surface area contributed by atoms with Gasteiger partial charge in [-0.25, -0.2) is 0 Å². The number of Topliss-reactive ketones (excluding diaryl/α,β-unsaturated/α-hetero) is 1. The van der Waals surface area contributed by atoms with E-state index in [-0.39, 0.29) is 11.5 Å².